The molecule has 0 bridgehead atoms. The monoisotopic (exact) mass is 123 g/mol. The lowest BCUT2D eigenvalue weighted by molar-refractivity contribution is 0.186. The highest BCUT2D eigenvalue weighted by Crippen LogP contribution is 1.83. The molecule has 0 amide bonds. The van der Waals surface area contributed by atoms with E-state index >= 15 is 0 Å². The van der Waals surface area contributed by atoms with Crippen LogP contribution in [0.1, 0.15) is 0 Å². The molecule has 0 N–H and O–H groups in total. The Hall–Kier alpha value is 0.210. The summed E-state index contributed by atoms with van der Waals surface area (Å²) in [5.74, 6) is 0. The Balaban J connectivity index is 2.68. The smallest absolute Gasteiger partial charge is 0.0602 e. The van der Waals surface area contributed by atoms with Crippen LogP contribution < -0.4 is 0 Å². The third kappa shape index (κ3) is 6.21. The number of hydrogen-bond acceptors (Lipinski definition) is 2. The molecule has 0 atom stereocenters. The first kappa shape index (κ1) is 7.21. The van der Waals surface area contributed by atoms with Crippen molar-refractivity contribution in [3.8, 4) is 0 Å². The van der Waals surface area contributed by atoms with Crippen LogP contribution in [0.2, 0.25) is 0 Å². The van der Waals surface area contributed by atoms with Gasteiger partial charge < -0.3 is 4.74 Å². The van der Waals surface area contributed by atoms with Crippen molar-refractivity contribution >= 4 is 11.8 Å². The summed E-state index contributed by atoms with van der Waals surface area (Å²) in [5.41, 5.74) is 0. The van der Waals surface area contributed by atoms with Gasteiger partial charge >= 0.3 is 0 Å². The van der Waals surface area contributed by atoms with Crippen molar-refractivity contribution < 1.29 is 4.74 Å². The van der Waals surface area contributed by atoms with Crippen LogP contribution in [0.25, 0.3) is 0 Å². The summed E-state index contributed by atoms with van der Waals surface area (Å²) >= 11 is 5.41. The topological polar surface area (TPSA) is 12.5 Å². The van der Waals surface area contributed by atoms with Crippen molar-refractivity contribution in [2.45, 2.75) is 0 Å². The van der Waals surface area contributed by atoms with Gasteiger partial charge in [-0.05, 0) is 11.8 Å². The Morgan fingerprint density at radius 1 is 1.71 bits per heavy atom. The van der Waals surface area contributed by atoms with Gasteiger partial charge in [0, 0.05) is 20.7 Å². The molecule has 0 fully saturated rings. The quantitative estimate of drug-likeness (QED) is 0.513. The summed E-state index contributed by atoms with van der Waals surface area (Å²) in [6, 6.07) is 0. The van der Waals surface area contributed by atoms with Crippen LogP contribution in [0.15, 0.2) is 0 Å². The molecular weight excluding hydrogens is 114 g/mol. The van der Waals surface area contributed by atoms with E-state index in [-0.39, 0.29) is 0 Å². The van der Waals surface area contributed by atoms with Crippen LogP contribution in [0, 0.1) is 0 Å². The number of methoxy groups -OCH3 is 1. The maximum atomic E-state index is 5.41. The van der Waals surface area contributed by atoms with Crippen molar-refractivity contribution in [1.29, 1.82) is 0 Å². The van der Waals surface area contributed by atoms with E-state index in [2.05, 4.69) is 0 Å². The summed E-state index contributed by atoms with van der Waals surface area (Å²) in [4.78, 5) is 0. The molecule has 0 unspecified atom stereocenters. The number of likely N-dealkylation sites (N-methyl/N-ethyl adjacent to an activating group) is 1. The average Bonchev–Trinajstić information content (AvgIpc) is 1.61. The third-order valence-corrected chi connectivity index (χ3v) is 0.773. The Morgan fingerprint density at radius 2 is 2.29 bits per heavy atom. The molecule has 2 nitrogen and oxygen atoms in total. The predicted molar refractivity (Wildman–Crippen MR) is 30.4 cm³/mol. The third-order valence-electron chi connectivity index (χ3n) is 0.604. The van der Waals surface area contributed by atoms with E-state index in [1.807, 2.05) is 0 Å². The maximum absolute atomic E-state index is 5.41. The van der Waals surface area contributed by atoms with Gasteiger partial charge in [0.05, 0.1) is 6.61 Å². The Labute approximate surface area is 49.1 Å². The molecule has 7 heavy (non-hydrogen) atoms. The minimum absolute atomic E-state index is 0.694. The van der Waals surface area contributed by atoms with Gasteiger partial charge in [0.25, 0.3) is 0 Å². The second-order valence-corrected chi connectivity index (χ2v) is 1.90. The number of hydrogen-bond donors (Lipinski definition) is 0. The first-order valence-electron chi connectivity index (χ1n) is 2.13. The van der Waals surface area contributed by atoms with Gasteiger partial charge in [0.1, 0.15) is 0 Å². The fraction of sp³-hybridized carbons (Fsp3) is 1.00. The van der Waals surface area contributed by atoms with Crippen LogP contribution in [-0.4, -0.2) is 31.7 Å². The SMILES string of the molecule is COCCN(C)Cl. The summed E-state index contributed by atoms with van der Waals surface area (Å²) < 4.78 is 6.29. The molecule has 0 saturated carbocycles. The average molecular weight is 124 g/mol. The Morgan fingerprint density at radius 3 is 2.43 bits per heavy atom. The Kier molecular flexibility index (Phi) is 4.50. The molecule has 0 aliphatic heterocycles. The van der Waals surface area contributed by atoms with Gasteiger partial charge in [-0.15, -0.1) is 0 Å². The molecule has 0 spiro atoms. The molecule has 0 saturated heterocycles. The molecule has 0 aromatic heterocycles. The zero-order valence-corrected chi connectivity index (χ0v) is 5.40. The van der Waals surface area contributed by atoms with Crippen LogP contribution in [-0.2, 0) is 4.74 Å². The molecule has 44 valence electrons. The lowest BCUT2D eigenvalue weighted by Gasteiger charge is -2.02. The van der Waals surface area contributed by atoms with E-state index in [4.69, 9.17) is 16.5 Å². The number of nitrogens with zero attached hydrogens (tertiary/aromatic N) is 1. The molecule has 3 heteroatoms. The molecule has 0 aromatic carbocycles. The molecule has 0 heterocycles. The van der Waals surface area contributed by atoms with Crippen LogP contribution in [0.4, 0.5) is 0 Å². The van der Waals surface area contributed by atoms with Gasteiger partial charge in [-0.25, -0.2) is 4.42 Å². The maximum Gasteiger partial charge on any atom is 0.0602 e. The van der Waals surface area contributed by atoms with E-state index in [1.165, 1.54) is 0 Å². The highest BCUT2D eigenvalue weighted by molar-refractivity contribution is 6.13. The van der Waals surface area contributed by atoms with E-state index in [0.717, 1.165) is 6.54 Å². The zero-order valence-electron chi connectivity index (χ0n) is 4.65. The number of ether oxygens (including phenoxy) is 1. The highest BCUT2D eigenvalue weighted by Gasteiger charge is 1.86. The molecule has 0 rings (SSSR count). The molecule has 0 aliphatic rings. The Bertz CT molecular complexity index is 40.7. The summed E-state index contributed by atoms with van der Waals surface area (Å²) in [6.45, 7) is 1.47. The summed E-state index contributed by atoms with van der Waals surface area (Å²) in [6.07, 6.45) is 0. The van der Waals surface area contributed by atoms with Crippen LogP contribution >= 0.6 is 11.8 Å². The number of halogens is 1. The van der Waals surface area contributed by atoms with E-state index in [1.54, 1.807) is 18.6 Å². The van der Waals surface area contributed by atoms with Crippen molar-refractivity contribution in [3.63, 3.8) is 0 Å². The zero-order chi connectivity index (χ0) is 5.70. The van der Waals surface area contributed by atoms with Crippen molar-refractivity contribution in [1.82, 2.24) is 4.42 Å². The fourth-order valence-electron chi connectivity index (χ4n) is 0.217. The van der Waals surface area contributed by atoms with Crippen molar-refractivity contribution in [2.24, 2.45) is 0 Å². The summed E-state index contributed by atoms with van der Waals surface area (Å²) in [5, 5.41) is 0. The highest BCUT2D eigenvalue weighted by atomic mass is 35.5. The van der Waals surface area contributed by atoms with E-state index < -0.39 is 0 Å². The van der Waals surface area contributed by atoms with Gasteiger partial charge in [0.15, 0.2) is 0 Å². The molecular formula is C4H10ClNO. The van der Waals surface area contributed by atoms with E-state index in [9.17, 15) is 0 Å². The second kappa shape index (κ2) is 4.37. The van der Waals surface area contributed by atoms with Crippen molar-refractivity contribution in [3.05, 3.63) is 0 Å². The van der Waals surface area contributed by atoms with Crippen LogP contribution in [0.5, 0.6) is 0 Å². The van der Waals surface area contributed by atoms with Gasteiger partial charge in [0.2, 0.25) is 0 Å². The first-order valence-corrected chi connectivity index (χ1v) is 2.47. The lowest BCUT2D eigenvalue weighted by Crippen LogP contribution is -2.11. The van der Waals surface area contributed by atoms with Gasteiger partial charge in [-0.2, -0.15) is 0 Å². The van der Waals surface area contributed by atoms with Gasteiger partial charge in [-0.3, -0.25) is 0 Å². The molecule has 0 aliphatic carbocycles. The normalized spacial score (nSPS) is 10.3. The molecule has 0 radical (unpaired) electrons. The second-order valence-electron chi connectivity index (χ2n) is 1.32. The van der Waals surface area contributed by atoms with Gasteiger partial charge in [-0.1, -0.05) is 0 Å². The van der Waals surface area contributed by atoms with Crippen molar-refractivity contribution in [2.75, 3.05) is 27.3 Å². The first-order chi connectivity index (χ1) is 3.27. The lowest BCUT2D eigenvalue weighted by atomic mass is 10.7. The number of rotatable bonds is 3. The van der Waals surface area contributed by atoms with Crippen LogP contribution in [0.3, 0.4) is 0 Å². The summed E-state index contributed by atoms with van der Waals surface area (Å²) in [7, 11) is 3.45. The minimum Gasteiger partial charge on any atom is -0.383 e. The standard InChI is InChI=1S/C4H10ClNO/c1-6(5)3-4-7-2/h3-4H2,1-2H3. The van der Waals surface area contributed by atoms with E-state index in [0.29, 0.717) is 6.61 Å². The fourth-order valence-corrected chi connectivity index (χ4v) is 0.286. The predicted octanol–water partition coefficient (Wildman–Crippen LogP) is 0.718. The molecule has 0 aromatic rings. The largest absolute Gasteiger partial charge is 0.383 e. The minimum atomic E-state index is 0.694.